The molecule has 0 radical (unpaired) electrons. The summed E-state index contributed by atoms with van der Waals surface area (Å²) >= 11 is 7.57. The molecule has 0 N–H and O–H groups in total. The third kappa shape index (κ3) is 2.77. The molecular weight excluding hydrogens is 304 g/mol. The van der Waals surface area contributed by atoms with Crippen molar-refractivity contribution in [2.24, 2.45) is 0 Å². The van der Waals surface area contributed by atoms with Crippen LogP contribution in [-0.2, 0) is 0 Å². The van der Waals surface area contributed by atoms with E-state index >= 15 is 0 Å². The Bertz CT molecular complexity index is 764. The Balaban J connectivity index is 1.94. The van der Waals surface area contributed by atoms with Gasteiger partial charge in [0, 0.05) is 23.0 Å². The van der Waals surface area contributed by atoms with Crippen LogP contribution < -0.4 is 0 Å². The molecule has 0 fully saturated rings. The second-order valence-electron chi connectivity index (χ2n) is 4.69. The summed E-state index contributed by atoms with van der Waals surface area (Å²) in [5.74, 6) is 0.834. The molecule has 21 heavy (non-hydrogen) atoms. The monoisotopic (exact) mass is 316 g/mol. The first-order valence-corrected chi connectivity index (χ1v) is 7.79. The zero-order valence-corrected chi connectivity index (χ0v) is 12.9. The van der Waals surface area contributed by atoms with E-state index in [-0.39, 0.29) is 11.8 Å². The first kappa shape index (κ1) is 14.0. The van der Waals surface area contributed by atoms with Crippen molar-refractivity contribution in [2.75, 3.05) is 0 Å². The van der Waals surface area contributed by atoms with Gasteiger partial charge in [0.25, 0.3) is 0 Å². The minimum absolute atomic E-state index is 0.0216. The van der Waals surface area contributed by atoms with Gasteiger partial charge in [-0.1, -0.05) is 29.8 Å². The number of hydrogen-bond donors (Lipinski definition) is 0. The third-order valence-corrected chi connectivity index (χ3v) is 4.42. The van der Waals surface area contributed by atoms with Crippen LogP contribution in [0, 0.1) is 0 Å². The number of aromatic nitrogens is 2. The molecule has 0 saturated carbocycles. The molecule has 1 aromatic carbocycles. The fourth-order valence-corrected chi connectivity index (χ4v) is 3.15. The van der Waals surface area contributed by atoms with Crippen LogP contribution in [0.4, 0.5) is 0 Å². The Morgan fingerprint density at radius 2 is 2.19 bits per heavy atom. The lowest BCUT2D eigenvalue weighted by Gasteiger charge is -2.15. The molecule has 0 spiro atoms. The lowest BCUT2D eigenvalue weighted by molar-refractivity contribution is 0.0935. The summed E-state index contributed by atoms with van der Waals surface area (Å²) in [6, 6.07) is 10.7. The highest BCUT2D eigenvalue weighted by Gasteiger charge is 2.20. The van der Waals surface area contributed by atoms with E-state index in [1.807, 2.05) is 35.2 Å². The highest BCUT2D eigenvalue weighted by atomic mass is 35.5. The van der Waals surface area contributed by atoms with E-state index in [1.165, 1.54) is 0 Å². The van der Waals surface area contributed by atoms with Gasteiger partial charge in [-0.15, -0.1) is 11.3 Å². The maximum Gasteiger partial charge on any atom is 0.185 e. The first-order chi connectivity index (χ1) is 10.2. The van der Waals surface area contributed by atoms with Crippen molar-refractivity contribution < 1.29 is 4.79 Å². The maximum absolute atomic E-state index is 12.6. The van der Waals surface area contributed by atoms with Crippen molar-refractivity contribution in [3.8, 4) is 10.7 Å². The van der Waals surface area contributed by atoms with Gasteiger partial charge in [-0.05, 0) is 30.5 Å². The normalized spacial score (nSPS) is 12.3. The molecule has 0 amide bonds. The fourth-order valence-electron chi connectivity index (χ4n) is 2.23. The molecule has 3 nitrogen and oxygen atoms in total. The van der Waals surface area contributed by atoms with Crippen molar-refractivity contribution in [3.05, 3.63) is 64.8 Å². The summed E-state index contributed by atoms with van der Waals surface area (Å²) in [6.07, 6.45) is 3.55. The van der Waals surface area contributed by atoms with Crippen LogP contribution in [0.25, 0.3) is 10.7 Å². The molecule has 106 valence electrons. The van der Waals surface area contributed by atoms with Crippen LogP contribution in [0.2, 0.25) is 5.02 Å². The predicted molar refractivity (Wildman–Crippen MR) is 86.0 cm³/mol. The number of thiophene rings is 1. The number of imidazole rings is 1. The summed E-state index contributed by atoms with van der Waals surface area (Å²) in [4.78, 5) is 18.0. The van der Waals surface area contributed by atoms with Gasteiger partial charge in [0.05, 0.1) is 10.9 Å². The van der Waals surface area contributed by atoms with Crippen molar-refractivity contribution in [1.82, 2.24) is 9.55 Å². The number of nitrogens with zero attached hydrogens (tertiary/aromatic N) is 2. The Hall–Kier alpha value is -1.91. The molecule has 1 unspecified atom stereocenters. The Kier molecular flexibility index (Phi) is 3.90. The molecule has 2 aromatic heterocycles. The second-order valence-corrected chi connectivity index (χ2v) is 6.07. The summed E-state index contributed by atoms with van der Waals surface area (Å²) in [5.41, 5.74) is 0.612. The molecular formula is C16H13ClN2OS. The largest absolute Gasteiger partial charge is 0.320 e. The smallest absolute Gasteiger partial charge is 0.185 e. The van der Waals surface area contributed by atoms with E-state index in [9.17, 15) is 4.79 Å². The number of carbonyl (C=O) groups excluding carboxylic acids is 1. The Morgan fingerprint density at radius 3 is 2.90 bits per heavy atom. The Morgan fingerprint density at radius 1 is 1.33 bits per heavy atom. The highest BCUT2D eigenvalue weighted by molar-refractivity contribution is 7.13. The molecule has 0 aliphatic heterocycles. The van der Waals surface area contributed by atoms with Crippen molar-refractivity contribution in [3.63, 3.8) is 0 Å². The third-order valence-electron chi connectivity index (χ3n) is 3.32. The lowest BCUT2D eigenvalue weighted by atomic mass is 10.1. The number of hydrogen-bond acceptors (Lipinski definition) is 3. The van der Waals surface area contributed by atoms with E-state index in [4.69, 9.17) is 11.6 Å². The molecule has 0 aliphatic rings. The highest BCUT2D eigenvalue weighted by Crippen LogP contribution is 2.27. The van der Waals surface area contributed by atoms with Crippen LogP contribution in [-0.4, -0.2) is 15.3 Å². The SMILES string of the molecule is CC(C(=O)c1cccc(Cl)c1)n1ccnc1-c1cccs1. The van der Waals surface area contributed by atoms with Crippen LogP contribution in [0.1, 0.15) is 23.3 Å². The number of ketones is 1. The van der Waals surface area contributed by atoms with Gasteiger partial charge in [0.1, 0.15) is 0 Å². The average Bonchev–Trinajstić information content (AvgIpc) is 3.16. The van der Waals surface area contributed by atoms with Crippen LogP contribution in [0.5, 0.6) is 0 Å². The van der Waals surface area contributed by atoms with Crippen LogP contribution in [0.15, 0.2) is 54.2 Å². The molecule has 0 aliphatic carbocycles. The van der Waals surface area contributed by atoms with Crippen molar-refractivity contribution in [1.29, 1.82) is 0 Å². The van der Waals surface area contributed by atoms with Gasteiger partial charge in [-0.25, -0.2) is 4.98 Å². The number of benzene rings is 1. The van der Waals surface area contributed by atoms with E-state index in [0.717, 1.165) is 10.7 Å². The molecule has 0 saturated heterocycles. The average molecular weight is 317 g/mol. The van der Waals surface area contributed by atoms with Gasteiger partial charge < -0.3 is 4.57 Å². The number of halogens is 1. The van der Waals surface area contributed by atoms with Crippen molar-refractivity contribution in [2.45, 2.75) is 13.0 Å². The summed E-state index contributed by atoms with van der Waals surface area (Å²) in [7, 11) is 0. The summed E-state index contributed by atoms with van der Waals surface area (Å²) in [5, 5.41) is 2.56. The van der Waals surface area contributed by atoms with Gasteiger partial charge in [-0.2, -0.15) is 0 Å². The topological polar surface area (TPSA) is 34.9 Å². The van der Waals surface area contributed by atoms with Gasteiger partial charge in [0.2, 0.25) is 0 Å². The second kappa shape index (κ2) is 5.84. The quantitative estimate of drug-likeness (QED) is 0.653. The molecule has 2 heterocycles. The molecule has 1 atom stereocenters. The molecule has 5 heteroatoms. The van der Waals surface area contributed by atoms with Gasteiger partial charge >= 0.3 is 0 Å². The fraction of sp³-hybridized carbons (Fsp3) is 0.125. The first-order valence-electron chi connectivity index (χ1n) is 6.53. The van der Waals surface area contributed by atoms with Crippen molar-refractivity contribution >= 4 is 28.7 Å². The maximum atomic E-state index is 12.6. The molecule has 3 rings (SSSR count). The van der Waals surface area contributed by atoms with Gasteiger partial charge in [0.15, 0.2) is 11.6 Å². The molecule has 0 bridgehead atoms. The lowest BCUT2D eigenvalue weighted by Crippen LogP contribution is -2.16. The summed E-state index contributed by atoms with van der Waals surface area (Å²) in [6.45, 7) is 1.88. The van der Waals surface area contributed by atoms with Gasteiger partial charge in [-0.3, -0.25) is 4.79 Å². The predicted octanol–water partition coefficient (Wildman–Crippen LogP) is 4.71. The minimum atomic E-state index is -0.330. The zero-order chi connectivity index (χ0) is 14.8. The Labute approximate surface area is 131 Å². The van der Waals surface area contributed by atoms with E-state index in [2.05, 4.69) is 4.98 Å². The zero-order valence-electron chi connectivity index (χ0n) is 11.4. The van der Waals surface area contributed by atoms with E-state index in [1.54, 1.807) is 41.8 Å². The van der Waals surface area contributed by atoms with Crippen LogP contribution in [0.3, 0.4) is 0 Å². The number of rotatable bonds is 4. The standard InChI is InChI=1S/C16H13ClN2OS/c1-11(15(20)12-4-2-5-13(17)10-12)19-8-7-18-16(19)14-6-3-9-21-14/h2-11H,1H3. The molecule has 3 aromatic rings. The number of Topliss-reactive ketones (excluding diaryl/α,β-unsaturated/α-hetero) is 1. The van der Waals surface area contributed by atoms with E-state index in [0.29, 0.717) is 10.6 Å². The van der Waals surface area contributed by atoms with E-state index < -0.39 is 0 Å². The van der Waals surface area contributed by atoms with Crippen LogP contribution >= 0.6 is 22.9 Å². The summed E-state index contributed by atoms with van der Waals surface area (Å²) < 4.78 is 1.90. The minimum Gasteiger partial charge on any atom is -0.320 e. The number of carbonyl (C=O) groups is 1.